The summed E-state index contributed by atoms with van der Waals surface area (Å²) in [5.41, 5.74) is 3.38. The van der Waals surface area contributed by atoms with Crippen molar-refractivity contribution in [3.8, 4) is 5.75 Å². The third-order valence-corrected chi connectivity index (χ3v) is 7.26. The number of hydrogen-bond acceptors (Lipinski definition) is 2. The summed E-state index contributed by atoms with van der Waals surface area (Å²) in [6.07, 6.45) is 7.50. The van der Waals surface area contributed by atoms with Crippen molar-refractivity contribution in [1.29, 1.82) is 0 Å². The molecule has 2 saturated carbocycles. The molecule has 4 unspecified atom stereocenters. The fraction of sp³-hybridized carbons (Fsp3) is 0.667. The van der Waals surface area contributed by atoms with E-state index in [-0.39, 0.29) is 0 Å². The number of rotatable bonds is 3. The molecule has 0 radical (unpaired) electrons. The molecule has 4 rings (SSSR count). The lowest BCUT2D eigenvalue weighted by Crippen LogP contribution is -2.39. The summed E-state index contributed by atoms with van der Waals surface area (Å²) in [4.78, 5) is 11.2. The van der Waals surface area contributed by atoms with Crippen molar-refractivity contribution in [2.24, 2.45) is 23.2 Å². The van der Waals surface area contributed by atoms with Gasteiger partial charge >= 0.3 is 5.97 Å². The van der Waals surface area contributed by atoms with Crippen molar-refractivity contribution >= 4 is 5.97 Å². The summed E-state index contributed by atoms with van der Waals surface area (Å²) >= 11 is 0. The van der Waals surface area contributed by atoms with Gasteiger partial charge in [0.05, 0.1) is 7.11 Å². The van der Waals surface area contributed by atoms with E-state index in [2.05, 4.69) is 25.1 Å². The number of fused-ring (bicyclic) bond motifs is 5. The first kappa shape index (κ1) is 16.0. The lowest BCUT2D eigenvalue weighted by molar-refractivity contribution is -0.138. The van der Waals surface area contributed by atoms with E-state index in [1.165, 1.54) is 30.4 Å². The van der Waals surface area contributed by atoms with Gasteiger partial charge in [0, 0.05) is 6.42 Å². The van der Waals surface area contributed by atoms with Gasteiger partial charge in [-0.15, -0.1) is 0 Å². The molecule has 1 N–H and O–H groups in total. The Labute approximate surface area is 144 Å². The van der Waals surface area contributed by atoms with E-state index in [9.17, 15) is 9.90 Å². The summed E-state index contributed by atoms with van der Waals surface area (Å²) in [6.45, 7) is 2.43. The number of hydrogen-bond donors (Lipinski definition) is 1. The molecule has 1 aromatic carbocycles. The molecule has 0 aliphatic heterocycles. The van der Waals surface area contributed by atoms with Crippen molar-refractivity contribution in [2.75, 3.05) is 7.11 Å². The average molecular weight is 328 g/mol. The minimum absolute atomic E-state index is 0.358. The molecule has 130 valence electrons. The quantitative estimate of drug-likeness (QED) is 0.879. The molecule has 3 aliphatic carbocycles. The number of carboxylic acid groups (broad SMARTS) is 1. The molecular weight excluding hydrogens is 300 g/mol. The number of benzene rings is 1. The molecule has 0 bridgehead atoms. The fourth-order valence-corrected chi connectivity index (χ4v) is 6.30. The van der Waals surface area contributed by atoms with Gasteiger partial charge in [-0.05, 0) is 90.9 Å². The van der Waals surface area contributed by atoms with Crippen molar-refractivity contribution in [2.45, 2.75) is 57.8 Å². The van der Waals surface area contributed by atoms with Crippen LogP contribution in [-0.2, 0) is 11.2 Å². The first-order valence-corrected chi connectivity index (χ1v) is 9.39. The zero-order valence-corrected chi connectivity index (χ0v) is 14.8. The maximum atomic E-state index is 11.2. The predicted molar refractivity (Wildman–Crippen MR) is 93.4 cm³/mol. The Balaban J connectivity index is 1.60. The minimum atomic E-state index is -0.625. The highest BCUT2D eigenvalue weighted by molar-refractivity contribution is 5.67. The van der Waals surface area contributed by atoms with Crippen LogP contribution in [0, 0.1) is 23.2 Å². The van der Waals surface area contributed by atoms with Crippen LogP contribution in [0.5, 0.6) is 5.75 Å². The number of ether oxygens (including phenoxy) is 1. The monoisotopic (exact) mass is 328 g/mol. The molecule has 1 aromatic rings. The smallest absolute Gasteiger partial charge is 0.303 e. The second-order valence-corrected chi connectivity index (χ2v) is 8.58. The van der Waals surface area contributed by atoms with E-state index in [4.69, 9.17) is 4.74 Å². The number of carbonyl (C=O) groups is 1. The Bertz CT molecular complexity index is 652. The normalized spacial score (nSPS) is 37.2. The standard InChI is InChI=1S/C21H28O3/c1-21-8-7-17-16-6-4-15(24-2)11-14(16)3-5-18(17)19(21)9-13(12-21)10-20(22)23/h4,6,11,13,17-19H,3,5,7-10,12H2,1-2H3,(H,22,23)/t13?,17?,18?,19?,21-/m1/s1. The highest BCUT2D eigenvalue weighted by atomic mass is 16.5. The molecule has 24 heavy (non-hydrogen) atoms. The van der Waals surface area contributed by atoms with Gasteiger partial charge in [0.1, 0.15) is 5.75 Å². The van der Waals surface area contributed by atoms with Gasteiger partial charge in [-0.2, -0.15) is 0 Å². The van der Waals surface area contributed by atoms with Gasteiger partial charge < -0.3 is 9.84 Å². The van der Waals surface area contributed by atoms with E-state index in [1.807, 2.05) is 0 Å². The number of carboxylic acids is 1. The number of aliphatic carboxylic acids is 1. The zero-order valence-electron chi connectivity index (χ0n) is 14.8. The van der Waals surface area contributed by atoms with Crippen LogP contribution in [0.4, 0.5) is 0 Å². The van der Waals surface area contributed by atoms with E-state index in [1.54, 1.807) is 7.11 Å². The van der Waals surface area contributed by atoms with Crippen molar-refractivity contribution in [1.82, 2.24) is 0 Å². The Morgan fingerprint density at radius 2 is 2.21 bits per heavy atom. The highest BCUT2D eigenvalue weighted by Crippen LogP contribution is 2.62. The highest BCUT2D eigenvalue weighted by Gasteiger charge is 2.53. The second kappa shape index (κ2) is 5.79. The van der Waals surface area contributed by atoms with E-state index in [0.29, 0.717) is 29.6 Å². The summed E-state index contributed by atoms with van der Waals surface area (Å²) in [5, 5.41) is 9.19. The van der Waals surface area contributed by atoms with Crippen molar-refractivity contribution < 1.29 is 14.6 Å². The van der Waals surface area contributed by atoms with Crippen LogP contribution in [0.25, 0.3) is 0 Å². The van der Waals surface area contributed by atoms with E-state index < -0.39 is 5.97 Å². The molecule has 0 saturated heterocycles. The second-order valence-electron chi connectivity index (χ2n) is 8.58. The van der Waals surface area contributed by atoms with Gasteiger partial charge in [-0.3, -0.25) is 4.79 Å². The molecule has 0 heterocycles. The third-order valence-electron chi connectivity index (χ3n) is 7.26. The minimum Gasteiger partial charge on any atom is -0.497 e. The van der Waals surface area contributed by atoms with Crippen LogP contribution < -0.4 is 4.74 Å². The van der Waals surface area contributed by atoms with Gasteiger partial charge in [0.25, 0.3) is 0 Å². The maximum absolute atomic E-state index is 11.2. The molecule has 3 nitrogen and oxygen atoms in total. The van der Waals surface area contributed by atoms with Gasteiger partial charge in [-0.1, -0.05) is 13.0 Å². The summed E-state index contributed by atoms with van der Waals surface area (Å²) in [5.74, 6) is 2.84. The lowest BCUT2D eigenvalue weighted by Gasteiger charge is -2.49. The van der Waals surface area contributed by atoms with Gasteiger partial charge in [0.2, 0.25) is 0 Å². The Morgan fingerprint density at radius 3 is 2.96 bits per heavy atom. The molecule has 5 atom stereocenters. The van der Waals surface area contributed by atoms with Crippen molar-refractivity contribution in [3.05, 3.63) is 29.3 Å². The maximum Gasteiger partial charge on any atom is 0.303 e. The first-order chi connectivity index (χ1) is 11.5. The zero-order chi connectivity index (χ0) is 16.9. The molecular formula is C21H28O3. The van der Waals surface area contributed by atoms with Crippen LogP contribution in [0.1, 0.15) is 62.5 Å². The predicted octanol–water partition coefficient (Wildman–Crippen LogP) is 4.64. The largest absolute Gasteiger partial charge is 0.497 e. The lowest BCUT2D eigenvalue weighted by atomic mass is 9.56. The molecule has 0 aromatic heterocycles. The first-order valence-electron chi connectivity index (χ1n) is 9.39. The average Bonchev–Trinajstić information content (AvgIpc) is 2.89. The van der Waals surface area contributed by atoms with Crippen LogP contribution >= 0.6 is 0 Å². The fourth-order valence-electron chi connectivity index (χ4n) is 6.30. The molecule has 2 fully saturated rings. The van der Waals surface area contributed by atoms with Crippen LogP contribution in [0.2, 0.25) is 0 Å². The van der Waals surface area contributed by atoms with E-state index >= 15 is 0 Å². The Morgan fingerprint density at radius 1 is 1.38 bits per heavy atom. The number of aryl methyl sites for hydroxylation is 1. The summed E-state index contributed by atoms with van der Waals surface area (Å²) < 4.78 is 5.40. The Hall–Kier alpha value is -1.51. The van der Waals surface area contributed by atoms with Gasteiger partial charge in [0.15, 0.2) is 0 Å². The summed E-state index contributed by atoms with van der Waals surface area (Å²) in [7, 11) is 1.74. The Kier molecular flexibility index (Phi) is 3.85. The third kappa shape index (κ3) is 2.53. The molecule has 0 spiro atoms. The molecule has 3 aliphatic rings. The SMILES string of the molecule is COc1ccc2c(c1)CCC1C2CC[C@]2(C)CC(CC(=O)O)CC12. The van der Waals surface area contributed by atoms with Gasteiger partial charge in [-0.25, -0.2) is 0 Å². The summed E-state index contributed by atoms with van der Waals surface area (Å²) in [6, 6.07) is 6.62. The molecule has 0 amide bonds. The van der Waals surface area contributed by atoms with Crippen LogP contribution in [-0.4, -0.2) is 18.2 Å². The van der Waals surface area contributed by atoms with E-state index in [0.717, 1.165) is 30.9 Å². The van der Waals surface area contributed by atoms with Crippen molar-refractivity contribution in [3.63, 3.8) is 0 Å². The van der Waals surface area contributed by atoms with Crippen LogP contribution in [0.3, 0.4) is 0 Å². The molecule has 3 heteroatoms. The number of methoxy groups -OCH3 is 1. The van der Waals surface area contributed by atoms with Crippen LogP contribution in [0.15, 0.2) is 18.2 Å². The topological polar surface area (TPSA) is 46.5 Å².